The lowest BCUT2D eigenvalue weighted by Gasteiger charge is -2.10. The van der Waals surface area contributed by atoms with Gasteiger partial charge in [0.25, 0.3) is 5.91 Å². The first-order valence-corrected chi connectivity index (χ1v) is 11.3. The number of hydrogen-bond donors (Lipinski definition) is 1. The summed E-state index contributed by atoms with van der Waals surface area (Å²) in [5.41, 5.74) is 5.38. The zero-order valence-corrected chi connectivity index (χ0v) is 19.5. The normalized spacial score (nSPS) is 11.4. The van der Waals surface area contributed by atoms with Crippen molar-refractivity contribution in [3.63, 3.8) is 0 Å². The van der Waals surface area contributed by atoms with Crippen LogP contribution in [0, 0.1) is 6.92 Å². The maximum absolute atomic E-state index is 13.4. The lowest BCUT2D eigenvalue weighted by molar-refractivity contribution is -0.111. The molecule has 35 heavy (non-hydrogen) atoms. The Kier molecular flexibility index (Phi) is 6.09. The number of methoxy groups -OCH3 is 1. The summed E-state index contributed by atoms with van der Waals surface area (Å²) in [4.78, 5) is 18.1. The lowest BCUT2D eigenvalue weighted by atomic mass is 10.0. The number of para-hydroxylation sites is 1. The van der Waals surface area contributed by atoms with Crippen LogP contribution in [0.1, 0.15) is 16.8 Å². The van der Waals surface area contributed by atoms with Crippen molar-refractivity contribution in [2.45, 2.75) is 6.92 Å². The van der Waals surface area contributed by atoms with E-state index in [-0.39, 0.29) is 5.91 Å². The van der Waals surface area contributed by atoms with Gasteiger partial charge < -0.3 is 10.1 Å². The molecular weight excluding hydrogens is 436 g/mol. The van der Waals surface area contributed by atoms with Crippen molar-refractivity contribution in [3.8, 4) is 11.4 Å². The summed E-state index contributed by atoms with van der Waals surface area (Å²) in [5, 5.41) is 8.55. The fraction of sp³-hybridized carbons (Fsp3) is 0.0690. The van der Waals surface area contributed by atoms with E-state index >= 15 is 0 Å². The largest absolute Gasteiger partial charge is 0.497 e. The van der Waals surface area contributed by atoms with Gasteiger partial charge in [0.15, 0.2) is 5.65 Å². The standard InChI is InChI=1S/C29H24N4O2/c1-20-26-18-23(19-30-28(26)33(32-20)24-11-7-4-8-12-24)31-29(34)27(22-9-5-3-6-10-22)17-21-13-15-25(35-2)16-14-21/h3-19H,1-2H3,(H,31,34)/b27-17+. The highest BCUT2D eigenvalue weighted by atomic mass is 16.5. The highest BCUT2D eigenvalue weighted by molar-refractivity contribution is 6.29. The Morgan fingerprint density at radius 2 is 1.63 bits per heavy atom. The van der Waals surface area contributed by atoms with E-state index in [4.69, 9.17) is 4.74 Å². The van der Waals surface area contributed by atoms with E-state index < -0.39 is 0 Å². The molecule has 2 aromatic heterocycles. The number of nitrogens with zero attached hydrogens (tertiary/aromatic N) is 3. The predicted molar refractivity (Wildman–Crippen MR) is 140 cm³/mol. The minimum absolute atomic E-state index is 0.221. The second kappa shape index (κ2) is 9.65. The Bertz CT molecular complexity index is 1510. The van der Waals surface area contributed by atoms with Crippen molar-refractivity contribution in [1.82, 2.24) is 14.8 Å². The Morgan fingerprint density at radius 1 is 0.943 bits per heavy atom. The number of pyridine rings is 1. The number of amides is 1. The van der Waals surface area contributed by atoms with Crippen molar-refractivity contribution in [2.24, 2.45) is 0 Å². The van der Waals surface area contributed by atoms with Crippen molar-refractivity contribution in [2.75, 3.05) is 12.4 Å². The quantitative estimate of drug-likeness (QED) is 0.252. The van der Waals surface area contributed by atoms with E-state index in [9.17, 15) is 4.79 Å². The third-order valence-corrected chi connectivity index (χ3v) is 5.72. The monoisotopic (exact) mass is 460 g/mol. The number of aryl methyl sites for hydroxylation is 1. The van der Waals surface area contributed by atoms with Gasteiger partial charge in [-0.15, -0.1) is 0 Å². The zero-order chi connectivity index (χ0) is 24.2. The van der Waals surface area contributed by atoms with Gasteiger partial charge in [-0.1, -0.05) is 60.7 Å². The van der Waals surface area contributed by atoms with Gasteiger partial charge in [-0.3, -0.25) is 4.79 Å². The molecule has 5 rings (SSSR count). The second-order valence-electron chi connectivity index (χ2n) is 8.08. The van der Waals surface area contributed by atoms with Crippen LogP contribution in [0.25, 0.3) is 28.4 Å². The number of hydrogen-bond acceptors (Lipinski definition) is 4. The van der Waals surface area contributed by atoms with Gasteiger partial charge in [0.2, 0.25) is 0 Å². The molecule has 0 spiro atoms. The molecule has 1 N–H and O–H groups in total. The first kappa shape index (κ1) is 22.1. The molecule has 1 amide bonds. The summed E-state index contributed by atoms with van der Waals surface area (Å²) in [6, 6.07) is 29.0. The fourth-order valence-electron chi connectivity index (χ4n) is 3.92. The summed E-state index contributed by atoms with van der Waals surface area (Å²) in [6.07, 6.45) is 3.53. The van der Waals surface area contributed by atoms with Crippen molar-refractivity contribution >= 4 is 34.3 Å². The van der Waals surface area contributed by atoms with Crippen LogP contribution in [0.2, 0.25) is 0 Å². The maximum Gasteiger partial charge on any atom is 0.256 e. The van der Waals surface area contributed by atoms with Crippen LogP contribution in [-0.2, 0) is 4.79 Å². The number of benzene rings is 3. The third-order valence-electron chi connectivity index (χ3n) is 5.72. The molecule has 0 aliphatic rings. The van der Waals surface area contributed by atoms with Crippen molar-refractivity contribution in [3.05, 3.63) is 114 Å². The maximum atomic E-state index is 13.4. The Morgan fingerprint density at radius 3 is 2.31 bits per heavy atom. The molecule has 2 heterocycles. The average molecular weight is 461 g/mol. The van der Waals surface area contributed by atoms with Crippen LogP contribution in [0.4, 0.5) is 5.69 Å². The van der Waals surface area contributed by atoms with Crippen LogP contribution in [-0.4, -0.2) is 27.8 Å². The van der Waals surface area contributed by atoms with Crippen LogP contribution in [0.15, 0.2) is 97.2 Å². The predicted octanol–water partition coefficient (Wildman–Crippen LogP) is 5.92. The van der Waals surface area contributed by atoms with E-state index in [1.807, 2.05) is 109 Å². The van der Waals surface area contributed by atoms with Crippen LogP contribution in [0.5, 0.6) is 5.75 Å². The third kappa shape index (κ3) is 4.68. The molecule has 0 radical (unpaired) electrons. The second-order valence-corrected chi connectivity index (χ2v) is 8.08. The molecule has 172 valence electrons. The SMILES string of the molecule is COc1ccc(/C=C(/C(=O)Nc2cnc3c(c2)c(C)nn3-c2ccccc2)c2ccccc2)cc1. The number of ether oxygens (including phenoxy) is 1. The molecular formula is C29H24N4O2. The van der Waals surface area contributed by atoms with Gasteiger partial charge in [0.1, 0.15) is 5.75 Å². The number of carbonyl (C=O) groups is 1. The van der Waals surface area contributed by atoms with Crippen molar-refractivity contribution in [1.29, 1.82) is 0 Å². The summed E-state index contributed by atoms with van der Waals surface area (Å²) in [7, 11) is 1.63. The number of anilines is 1. The van der Waals surface area contributed by atoms with Gasteiger partial charge in [0, 0.05) is 11.0 Å². The molecule has 6 nitrogen and oxygen atoms in total. The first-order valence-electron chi connectivity index (χ1n) is 11.3. The topological polar surface area (TPSA) is 69.0 Å². The first-order chi connectivity index (χ1) is 17.1. The summed E-state index contributed by atoms with van der Waals surface area (Å²) >= 11 is 0. The summed E-state index contributed by atoms with van der Waals surface area (Å²) in [6.45, 7) is 1.94. The van der Waals surface area contributed by atoms with Gasteiger partial charge >= 0.3 is 0 Å². The highest BCUT2D eigenvalue weighted by Gasteiger charge is 2.15. The van der Waals surface area contributed by atoms with Crippen LogP contribution >= 0.6 is 0 Å². The zero-order valence-electron chi connectivity index (χ0n) is 19.5. The van der Waals surface area contributed by atoms with E-state index in [1.165, 1.54) is 0 Å². The highest BCUT2D eigenvalue weighted by Crippen LogP contribution is 2.25. The Balaban J connectivity index is 1.48. The Hall–Kier alpha value is -4.71. The number of carbonyl (C=O) groups excluding carboxylic acids is 1. The average Bonchev–Trinajstić information content (AvgIpc) is 3.24. The molecule has 6 heteroatoms. The van der Waals surface area contributed by atoms with Gasteiger partial charge in [-0.2, -0.15) is 5.10 Å². The fourth-order valence-corrected chi connectivity index (χ4v) is 3.92. The van der Waals surface area contributed by atoms with E-state index in [0.29, 0.717) is 11.3 Å². The molecule has 0 atom stereocenters. The Labute approximate surface area is 203 Å². The van der Waals surface area contributed by atoms with Gasteiger partial charge in [-0.05, 0) is 54.5 Å². The molecule has 5 aromatic rings. The smallest absolute Gasteiger partial charge is 0.256 e. The molecule has 0 saturated heterocycles. The molecule has 0 saturated carbocycles. The molecule has 0 bridgehead atoms. The molecule has 3 aromatic carbocycles. The van der Waals surface area contributed by atoms with E-state index in [1.54, 1.807) is 13.3 Å². The molecule has 0 unspecified atom stereocenters. The number of aromatic nitrogens is 3. The number of fused-ring (bicyclic) bond motifs is 1. The lowest BCUT2D eigenvalue weighted by Crippen LogP contribution is -2.14. The molecule has 0 aliphatic heterocycles. The van der Waals surface area contributed by atoms with Crippen molar-refractivity contribution < 1.29 is 9.53 Å². The van der Waals surface area contributed by atoms with Crippen LogP contribution < -0.4 is 10.1 Å². The minimum Gasteiger partial charge on any atom is -0.497 e. The number of nitrogens with one attached hydrogen (secondary N) is 1. The van der Waals surface area contributed by atoms with Gasteiger partial charge in [-0.25, -0.2) is 9.67 Å². The van der Waals surface area contributed by atoms with Crippen LogP contribution in [0.3, 0.4) is 0 Å². The minimum atomic E-state index is -0.221. The molecule has 0 aliphatic carbocycles. The van der Waals surface area contributed by atoms with E-state index in [0.717, 1.165) is 39.3 Å². The molecule has 0 fully saturated rings. The summed E-state index contributed by atoms with van der Waals surface area (Å²) in [5.74, 6) is 0.542. The van der Waals surface area contributed by atoms with Gasteiger partial charge in [0.05, 0.1) is 30.4 Å². The summed E-state index contributed by atoms with van der Waals surface area (Å²) < 4.78 is 7.06. The number of rotatable bonds is 6. The van der Waals surface area contributed by atoms with E-state index in [2.05, 4.69) is 15.4 Å².